The van der Waals surface area contributed by atoms with Gasteiger partial charge in [0.25, 0.3) is 0 Å². The SMILES string of the molecule is COCCOCCC1(C#N)Cc2ccccc2C1. The van der Waals surface area contributed by atoms with Gasteiger partial charge in [-0.1, -0.05) is 24.3 Å². The predicted octanol–water partition coefficient (Wildman–Crippen LogP) is 2.35. The molecule has 0 amide bonds. The number of rotatable bonds is 6. The molecule has 0 saturated heterocycles. The second-order valence-electron chi connectivity index (χ2n) is 4.87. The van der Waals surface area contributed by atoms with E-state index in [0.717, 1.165) is 19.3 Å². The van der Waals surface area contributed by atoms with E-state index in [1.54, 1.807) is 7.11 Å². The lowest BCUT2D eigenvalue weighted by Crippen LogP contribution is -2.22. The molecule has 0 radical (unpaired) electrons. The highest BCUT2D eigenvalue weighted by Crippen LogP contribution is 2.39. The van der Waals surface area contributed by atoms with Gasteiger partial charge in [-0.05, 0) is 30.4 Å². The minimum atomic E-state index is -0.267. The van der Waals surface area contributed by atoms with Crippen LogP contribution in [-0.4, -0.2) is 26.9 Å². The molecule has 96 valence electrons. The Balaban J connectivity index is 1.89. The highest BCUT2D eigenvalue weighted by Gasteiger charge is 2.36. The van der Waals surface area contributed by atoms with Gasteiger partial charge in [0.15, 0.2) is 0 Å². The zero-order chi connectivity index (χ0) is 12.8. The summed E-state index contributed by atoms with van der Waals surface area (Å²) >= 11 is 0. The second kappa shape index (κ2) is 5.99. The summed E-state index contributed by atoms with van der Waals surface area (Å²) < 4.78 is 10.4. The highest BCUT2D eigenvalue weighted by molar-refractivity contribution is 5.36. The molecule has 1 aliphatic carbocycles. The summed E-state index contributed by atoms with van der Waals surface area (Å²) in [5.41, 5.74) is 2.36. The van der Waals surface area contributed by atoms with E-state index in [1.165, 1.54) is 11.1 Å². The van der Waals surface area contributed by atoms with E-state index in [0.29, 0.717) is 19.8 Å². The Hall–Kier alpha value is -1.37. The van der Waals surface area contributed by atoms with Gasteiger partial charge in [0, 0.05) is 13.7 Å². The van der Waals surface area contributed by atoms with Crippen LogP contribution in [0, 0.1) is 16.7 Å². The van der Waals surface area contributed by atoms with E-state index in [9.17, 15) is 5.26 Å². The van der Waals surface area contributed by atoms with Crippen LogP contribution in [0.5, 0.6) is 0 Å². The summed E-state index contributed by atoms with van der Waals surface area (Å²) in [5, 5.41) is 9.46. The number of nitriles is 1. The number of hydrogen-bond acceptors (Lipinski definition) is 3. The minimum absolute atomic E-state index is 0.267. The van der Waals surface area contributed by atoms with Crippen molar-refractivity contribution in [2.24, 2.45) is 5.41 Å². The van der Waals surface area contributed by atoms with Crippen LogP contribution in [0.15, 0.2) is 24.3 Å². The van der Waals surface area contributed by atoms with Gasteiger partial charge in [0.2, 0.25) is 0 Å². The van der Waals surface area contributed by atoms with E-state index in [4.69, 9.17) is 9.47 Å². The van der Waals surface area contributed by atoms with Crippen molar-refractivity contribution in [3.05, 3.63) is 35.4 Å². The number of ether oxygens (including phenoxy) is 2. The average Bonchev–Trinajstić information content (AvgIpc) is 2.77. The Bertz CT molecular complexity index is 411. The van der Waals surface area contributed by atoms with Gasteiger partial charge in [-0.2, -0.15) is 5.26 Å². The van der Waals surface area contributed by atoms with E-state index in [2.05, 4.69) is 18.2 Å². The summed E-state index contributed by atoms with van der Waals surface area (Å²) in [6.45, 7) is 1.84. The monoisotopic (exact) mass is 245 g/mol. The van der Waals surface area contributed by atoms with Crippen LogP contribution in [0.25, 0.3) is 0 Å². The molecule has 3 nitrogen and oxygen atoms in total. The Morgan fingerprint density at radius 3 is 2.39 bits per heavy atom. The molecule has 2 rings (SSSR count). The summed E-state index contributed by atoms with van der Waals surface area (Å²) in [7, 11) is 1.66. The first-order chi connectivity index (χ1) is 8.79. The molecule has 0 aromatic heterocycles. The molecule has 1 aromatic carbocycles. The first-order valence-corrected chi connectivity index (χ1v) is 6.34. The van der Waals surface area contributed by atoms with Crippen molar-refractivity contribution in [2.45, 2.75) is 19.3 Å². The summed E-state index contributed by atoms with van der Waals surface area (Å²) in [6.07, 6.45) is 2.50. The number of methoxy groups -OCH3 is 1. The Labute approximate surface area is 108 Å². The first-order valence-electron chi connectivity index (χ1n) is 6.34. The van der Waals surface area contributed by atoms with Crippen LogP contribution >= 0.6 is 0 Å². The lowest BCUT2D eigenvalue weighted by Gasteiger charge is -2.19. The van der Waals surface area contributed by atoms with Crippen LogP contribution in [0.4, 0.5) is 0 Å². The topological polar surface area (TPSA) is 42.2 Å². The minimum Gasteiger partial charge on any atom is -0.382 e. The van der Waals surface area contributed by atoms with Crippen molar-refractivity contribution in [3.63, 3.8) is 0 Å². The Morgan fingerprint density at radius 2 is 1.83 bits per heavy atom. The maximum absolute atomic E-state index is 9.46. The molecule has 0 aliphatic heterocycles. The molecule has 0 atom stereocenters. The molecule has 0 bridgehead atoms. The van der Waals surface area contributed by atoms with E-state index in [-0.39, 0.29) is 5.41 Å². The van der Waals surface area contributed by atoms with Gasteiger partial charge in [0.1, 0.15) is 0 Å². The zero-order valence-electron chi connectivity index (χ0n) is 10.8. The van der Waals surface area contributed by atoms with Crippen molar-refractivity contribution in [3.8, 4) is 6.07 Å². The molecule has 0 heterocycles. The molecule has 3 heteroatoms. The van der Waals surface area contributed by atoms with E-state index >= 15 is 0 Å². The van der Waals surface area contributed by atoms with Gasteiger partial charge in [-0.3, -0.25) is 0 Å². The van der Waals surface area contributed by atoms with E-state index in [1.807, 2.05) is 12.1 Å². The number of nitrogens with zero attached hydrogens (tertiary/aromatic N) is 1. The molecule has 0 fully saturated rings. The van der Waals surface area contributed by atoms with Crippen molar-refractivity contribution in [1.82, 2.24) is 0 Å². The number of benzene rings is 1. The van der Waals surface area contributed by atoms with Crippen molar-refractivity contribution in [1.29, 1.82) is 5.26 Å². The molecule has 18 heavy (non-hydrogen) atoms. The normalized spacial score (nSPS) is 16.2. The Morgan fingerprint density at radius 1 is 1.17 bits per heavy atom. The molecular weight excluding hydrogens is 226 g/mol. The zero-order valence-corrected chi connectivity index (χ0v) is 10.8. The average molecular weight is 245 g/mol. The van der Waals surface area contributed by atoms with Gasteiger partial charge in [-0.15, -0.1) is 0 Å². The van der Waals surface area contributed by atoms with Crippen molar-refractivity contribution < 1.29 is 9.47 Å². The van der Waals surface area contributed by atoms with Crippen LogP contribution < -0.4 is 0 Å². The smallest absolute Gasteiger partial charge is 0.0700 e. The van der Waals surface area contributed by atoms with Gasteiger partial charge in [0.05, 0.1) is 24.7 Å². The third kappa shape index (κ3) is 2.90. The predicted molar refractivity (Wildman–Crippen MR) is 69.2 cm³/mol. The third-order valence-electron chi connectivity index (χ3n) is 3.57. The van der Waals surface area contributed by atoms with Gasteiger partial charge in [-0.25, -0.2) is 0 Å². The summed E-state index contributed by atoms with van der Waals surface area (Å²) in [4.78, 5) is 0. The molecule has 0 spiro atoms. The standard InChI is InChI=1S/C15H19NO2/c1-17-8-9-18-7-6-15(12-16)10-13-4-2-3-5-14(13)11-15/h2-5H,6-11H2,1H3. The van der Waals surface area contributed by atoms with Crippen molar-refractivity contribution in [2.75, 3.05) is 26.9 Å². The molecule has 0 saturated carbocycles. The quantitative estimate of drug-likeness (QED) is 0.722. The lowest BCUT2D eigenvalue weighted by atomic mass is 9.83. The molecular formula is C15H19NO2. The fourth-order valence-electron chi connectivity index (χ4n) is 2.52. The summed E-state index contributed by atoms with van der Waals surface area (Å²) in [6, 6.07) is 10.8. The fraction of sp³-hybridized carbons (Fsp3) is 0.533. The molecule has 1 aliphatic rings. The second-order valence-corrected chi connectivity index (χ2v) is 4.87. The first kappa shape index (κ1) is 13.1. The van der Waals surface area contributed by atoms with Crippen molar-refractivity contribution >= 4 is 0 Å². The molecule has 0 N–H and O–H groups in total. The van der Waals surface area contributed by atoms with Crippen LogP contribution in [0.3, 0.4) is 0 Å². The maximum Gasteiger partial charge on any atom is 0.0700 e. The lowest BCUT2D eigenvalue weighted by molar-refractivity contribution is 0.0590. The van der Waals surface area contributed by atoms with Crippen LogP contribution in [0.2, 0.25) is 0 Å². The molecule has 1 aromatic rings. The summed E-state index contributed by atoms with van der Waals surface area (Å²) in [5.74, 6) is 0. The van der Waals surface area contributed by atoms with Gasteiger partial charge < -0.3 is 9.47 Å². The van der Waals surface area contributed by atoms with Gasteiger partial charge >= 0.3 is 0 Å². The Kier molecular flexibility index (Phi) is 4.35. The number of hydrogen-bond donors (Lipinski definition) is 0. The number of fused-ring (bicyclic) bond motifs is 1. The molecule has 0 unspecified atom stereocenters. The van der Waals surface area contributed by atoms with Crippen LogP contribution in [0.1, 0.15) is 17.5 Å². The largest absolute Gasteiger partial charge is 0.382 e. The maximum atomic E-state index is 9.46. The van der Waals surface area contributed by atoms with E-state index < -0.39 is 0 Å². The van der Waals surface area contributed by atoms with Crippen LogP contribution in [-0.2, 0) is 22.3 Å². The highest BCUT2D eigenvalue weighted by atomic mass is 16.5. The fourth-order valence-corrected chi connectivity index (χ4v) is 2.52. The third-order valence-corrected chi connectivity index (χ3v) is 3.57.